The predicted molar refractivity (Wildman–Crippen MR) is 72.4 cm³/mol. The van der Waals surface area contributed by atoms with E-state index in [1.807, 2.05) is 27.7 Å². The number of aliphatic hydroxyl groups is 1. The zero-order valence-corrected chi connectivity index (χ0v) is 12.1. The van der Waals surface area contributed by atoms with Crippen LogP contribution in [0.15, 0.2) is 0 Å². The molecule has 108 valence electrons. The van der Waals surface area contributed by atoms with Gasteiger partial charge in [-0.05, 0) is 40.0 Å². The van der Waals surface area contributed by atoms with Crippen molar-refractivity contribution in [2.75, 3.05) is 19.7 Å². The van der Waals surface area contributed by atoms with Gasteiger partial charge in [0, 0.05) is 25.7 Å². The molecule has 0 aliphatic heterocycles. The van der Waals surface area contributed by atoms with Crippen LogP contribution in [0.2, 0.25) is 0 Å². The largest absolute Gasteiger partial charge is 0.444 e. The summed E-state index contributed by atoms with van der Waals surface area (Å²) in [5.74, 6) is 0. The number of aliphatic hydroxyl groups excluding tert-OH is 1. The third-order valence-electron chi connectivity index (χ3n) is 2.47. The minimum atomic E-state index is -0.497. The minimum Gasteiger partial charge on any atom is -0.444 e. The zero-order chi connectivity index (χ0) is 14.2. The molecule has 0 rings (SSSR count). The lowest BCUT2D eigenvalue weighted by Crippen LogP contribution is -2.43. The van der Waals surface area contributed by atoms with Gasteiger partial charge in [0.2, 0.25) is 0 Å². The van der Waals surface area contributed by atoms with Crippen LogP contribution in [0.4, 0.5) is 4.79 Å². The van der Waals surface area contributed by atoms with Gasteiger partial charge in [0.25, 0.3) is 0 Å². The summed E-state index contributed by atoms with van der Waals surface area (Å²) < 4.78 is 5.34. The maximum absolute atomic E-state index is 12.0. The van der Waals surface area contributed by atoms with Gasteiger partial charge in [-0.1, -0.05) is 6.92 Å². The highest BCUT2D eigenvalue weighted by atomic mass is 16.6. The predicted octanol–water partition coefficient (Wildman–Crippen LogP) is 1.73. The number of hydrogen-bond donors (Lipinski definition) is 2. The van der Waals surface area contributed by atoms with Gasteiger partial charge < -0.3 is 20.5 Å². The second-order valence-electron chi connectivity index (χ2n) is 5.53. The first kappa shape index (κ1) is 17.2. The Kier molecular flexibility index (Phi) is 7.95. The summed E-state index contributed by atoms with van der Waals surface area (Å²) in [6.07, 6.45) is 1.93. The molecule has 3 N–H and O–H groups in total. The van der Waals surface area contributed by atoms with E-state index in [0.29, 0.717) is 19.5 Å². The van der Waals surface area contributed by atoms with Crippen LogP contribution in [0.25, 0.3) is 0 Å². The fourth-order valence-corrected chi connectivity index (χ4v) is 1.41. The van der Waals surface area contributed by atoms with E-state index in [2.05, 4.69) is 0 Å². The molecule has 18 heavy (non-hydrogen) atoms. The zero-order valence-electron chi connectivity index (χ0n) is 12.1. The van der Waals surface area contributed by atoms with Gasteiger partial charge in [-0.3, -0.25) is 0 Å². The molecule has 0 aromatic heterocycles. The molecule has 0 aromatic carbocycles. The number of amides is 1. The van der Waals surface area contributed by atoms with Crippen molar-refractivity contribution < 1.29 is 14.6 Å². The average molecular weight is 260 g/mol. The lowest BCUT2D eigenvalue weighted by molar-refractivity contribution is 0.0232. The Balaban J connectivity index is 4.39. The fourth-order valence-electron chi connectivity index (χ4n) is 1.41. The van der Waals surface area contributed by atoms with Gasteiger partial charge in [-0.2, -0.15) is 0 Å². The summed E-state index contributed by atoms with van der Waals surface area (Å²) in [6.45, 7) is 8.73. The third-order valence-corrected chi connectivity index (χ3v) is 2.47. The number of carbonyl (C=O) groups is 1. The van der Waals surface area contributed by atoms with E-state index in [1.165, 1.54) is 0 Å². The van der Waals surface area contributed by atoms with Crippen LogP contribution in [0.5, 0.6) is 0 Å². The molecule has 0 radical (unpaired) electrons. The maximum atomic E-state index is 12.0. The fraction of sp³-hybridized carbons (Fsp3) is 0.923. The van der Waals surface area contributed by atoms with Gasteiger partial charge in [0.05, 0.1) is 0 Å². The molecule has 0 aliphatic rings. The molecule has 0 saturated heterocycles. The van der Waals surface area contributed by atoms with Crippen LogP contribution in [-0.2, 0) is 4.74 Å². The Morgan fingerprint density at radius 2 is 2.00 bits per heavy atom. The highest BCUT2D eigenvalue weighted by molar-refractivity contribution is 5.68. The number of unbranched alkanes of at least 4 members (excludes halogenated alkanes) is 1. The van der Waals surface area contributed by atoms with Crippen LogP contribution in [0.3, 0.4) is 0 Å². The molecule has 0 bridgehead atoms. The summed E-state index contributed by atoms with van der Waals surface area (Å²) in [6, 6.07) is -0.0355. The van der Waals surface area contributed by atoms with Crippen molar-refractivity contribution in [1.29, 1.82) is 0 Å². The van der Waals surface area contributed by atoms with Gasteiger partial charge in [0.15, 0.2) is 0 Å². The lowest BCUT2D eigenvalue weighted by Gasteiger charge is -2.29. The van der Waals surface area contributed by atoms with Gasteiger partial charge in [0.1, 0.15) is 5.60 Å². The van der Waals surface area contributed by atoms with Crippen LogP contribution in [0.1, 0.15) is 47.0 Å². The summed E-state index contributed by atoms with van der Waals surface area (Å²) in [4.78, 5) is 13.6. The first-order valence-electron chi connectivity index (χ1n) is 6.64. The topological polar surface area (TPSA) is 75.8 Å². The molecule has 0 spiro atoms. The van der Waals surface area contributed by atoms with E-state index in [9.17, 15) is 4.79 Å². The van der Waals surface area contributed by atoms with Crippen LogP contribution in [0, 0.1) is 0 Å². The first-order chi connectivity index (χ1) is 8.30. The van der Waals surface area contributed by atoms with Crippen molar-refractivity contribution in [3.63, 3.8) is 0 Å². The van der Waals surface area contributed by atoms with Gasteiger partial charge >= 0.3 is 6.09 Å². The van der Waals surface area contributed by atoms with E-state index in [0.717, 1.165) is 12.8 Å². The van der Waals surface area contributed by atoms with Crippen molar-refractivity contribution >= 4 is 6.09 Å². The molecule has 0 aromatic rings. The smallest absolute Gasteiger partial charge is 0.410 e. The SMILES string of the molecule is CCC(N)CN(CCCCO)C(=O)OC(C)(C)C. The van der Waals surface area contributed by atoms with Gasteiger partial charge in [-0.15, -0.1) is 0 Å². The van der Waals surface area contributed by atoms with Crippen molar-refractivity contribution in [1.82, 2.24) is 4.90 Å². The Hall–Kier alpha value is -0.810. The molecule has 5 nitrogen and oxygen atoms in total. The summed E-state index contributed by atoms with van der Waals surface area (Å²) >= 11 is 0. The monoisotopic (exact) mass is 260 g/mol. The number of carbonyl (C=O) groups excluding carboxylic acids is 1. The van der Waals surface area contributed by atoms with Crippen LogP contribution < -0.4 is 5.73 Å². The highest BCUT2D eigenvalue weighted by Gasteiger charge is 2.22. The summed E-state index contributed by atoms with van der Waals surface area (Å²) in [5, 5.41) is 8.77. The van der Waals surface area contributed by atoms with Gasteiger partial charge in [-0.25, -0.2) is 4.79 Å². The van der Waals surface area contributed by atoms with Crippen LogP contribution in [-0.4, -0.2) is 47.4 Å². The molecular formula is C13H28N2O3. The van der Waals surface area contributed by atoms with E-state index < -0.39 is 5.60 Å². The summed E-state index contributed by atoms with van der Waals surface area (Å²) in [5.41, 5.74) is 5.38. The second kappa shape index (κ2) is 8.32. The Morgan fingerprint density at radius 3 is 2.44 bits per heavy atom. The van der Waals surface area contributed by atoms with Crippen molar-refractivity contribution in [3.8, 4) is 0 Å². The molecule has 0 saturated carbocycles. The quantitative estimate of drug-likeness (QED) is 0.684. The Bertz CT molecular complexity index is 239. The normalized spacial score (nSPS) is 13.2. The second-order valence-corrected chi connectivity index (χ2v) is 5.53. The number of nitrogens with two attached hydrogens (primary N) is 1. The standard InChI is InChI=1S/C13H28N2O3/c1-5-11(14)10-15(8-6-7-9-16)12(17)18-13(2,3)4/h11,16H,5-10,14H2,1-4H3. The summed E-state index contributed by atoms with van der Waals surface area (Å²) in [7, 11) is 0. The highest BCUT2D eigenvalue weighted by Crippen LogP contribution is 2.11. The molecule has 0 heterocycles. The third kappa shape index (κ3) is 8.31. The molecule has 1 atom stereocenters. The maximum Gasteiger partial charge on any atom is 0.410 e. The van der Waals surface area contributed by atoms with Crippen molar-refractivity contribution in [2.45, 2.75) is 58.6 Å². The van der Waals surface area contributed by atoms with E-state index >= 15 is 0 Å². The molecular weight excluding hydrogens is 232 g/mol. The number of nitrogens with zero attached hydrogens (tertiary/aromatic N) is 1. The number of rotatable bonds is 7. The van der Waals surface area contributed by atoms with Crippen LogP contribution >= 0.6 is 0 Å². The van der Waals surface area contributed by atoms with E-state index in [1.54, 1.807) is 4.90 Å². The Morgan fingerprint density at radius 1 is 1.39 bits per heavy atom. The molecule has 5 heteroatoms. The Labute approximate surface area is 110 Å². The molecule has 1 amide bonds. The average Bonchev–Trinajstić information content (AvgIpc) is 2.25. The number of ether oxygens (including phenoxy) is 1. The number of hydrogen-bond acceptors (Lipinski definition) is 4. The molecule has 1 unspecified atom stereocenters. The van der Waals surface area contributed by atoms with E-state index in [-0.39, 0.29) is 18.7 Å². The molecule has 0 fully saturated rings. The lowest BCUT2D eigenvalue weighted by atomic mass is 10.2. The first-order valence-corrected chi connectivity index (χ1v) is 6.64. The van der Waals surface area contributed by atoms with Crippen molar-refractivity contribution in [2.24, 2.45) is 5.73 Å². The van der Waals surface area contributed by atoms with E-state index in [4.69, 9.17) is 15.6 Å². The minimum absolute atomic E-state index is 0.0355. The molecule has 0 aliphatic carbocycles. The van der Waals surface area contributed by atoms with Crippen molar-refractivity contribution in [3.05, 3.63) is 0 Å².